The highest BCUT2D eigenvalue weighted by Crippen LogP contribution is 2.26. The summed E-state index contributed by atoms with van der Waals surface area (Å²) in [4.78, 5) is 3.81. The van der Waals surface area contributed by atoms with Gasteiger partial charge < -0.3 is 10.2 Å². The van der Waals surface area contributed by atoms with Crippen molar-refractivity contribution in [2.45, 2.75) is 45.7 Å². The Hall–Kier alpha value is 0.1000. The number of thiophene rings is 1. The highest BCUT2D eigenvalue weighted by atomic mass is 79.9. The predicted molar refractivity (Wildman–Crippen MR) is 85.4 cm³/mol. The van der Waals surface area contributed by atoms with E-state index in [2.05, 4.69) is 66.1 Å². The van der Waals surface area contributed by atoms with E-state index in [9.17, 15) is 0 Å². The quantitative estimate of drug-likeness (QED) is 0.714. The summed E-state index contributed by atoms with van der Waals surface area (Å²) in [6.45, 7) is 9.02. The molecule has 104 valence electrons. The second-order valence-electron chi connectivity index (χ2n) is 5.10. The largest absolute Gasteiger partial charge is 0.309 e. The van der Waals surface area contributed by atoms with Crippen LogP contribution in [0.1, 0.15) is 44.5 Å². The van der Waals surface area contributed by atoms with Crippen LogP contribution in [0.15, 0.2) is 15.9 Å². The van der Waals surface area contributed by atoms with Gasteiger partial charge in [-0.3, -0.25) is 0 Å². The third-order valence-electron chi connectivity index (χ3n) is 3.29. The summed E-state index contributed by atoms with van der Waals surface area (Å²) in [6, 6.07) is 5.43. The van der Waals surface area contributed by atoms with Crippen LogP contribution in [0.25, 0.3) is 0 Å². The first-order valence-electron chi connectivity index (χ1n) is 6.69. The minimum absolute atomic E-state index is 0.462. The molecule has 4 heteroatoms. The van der Waals surface area contributed by atoms with E-state index in [1.165, 1.54) is 28.0 Å². The summed E-state index contributed by atoms with van der Waals surface area (Å²) in [7, 11) is 2.20. The molecule has 0 aliphatic heterocycles. The van der Waals surface area contributed by atoms with Crippen molar-refractivity contribution in [2.24, 2.45) is 0 Å². The third kappa shape index (κ3) is 5.83. The average Bonchev–Trinajstić information content (AvgIpc) is 2.74. The van der Waals surface area contributed by atoms with Gasteiger partial charge in [-0.25, -0.2) is 0 Å². The van der Waals surface area contributed by atoms with E-state index in [1.807, 2.05) is 11.3 Å². The number of hydrogen-bond acceptors (Lipinski definition) is 3. The molecule has 0 aliphatic carbocycles. The number of halogens is 1. The molecule has 2 nitrogen and oxygen atoms in total. The van der Waals surface area contributed by atoms with E-state index in [0.717, 1.165) is 6.54 Å². The van der Waals surface area contributed by atoms with Gasteiger partial charge in [0.2, 0.25) is 0 Å². The molecule has 0 bridgehead atoms. The Morgan fingerprint density at radius 1 is 1.28 bits per heavy atom. The molecular formula is C14H25BrN2S. The summed E-state index contributed by atoms with van der Waals surface area (Å²) in [5, 5.41) is 3.59. The summed E-state index contributed by atoms with van der Waals surface area (Å²) in [5.74, 6) is 0. The van der Waals surface area contributed by atoms with Crippen LogP contribution < -0.4 is 5.32 Å². The van der Waals surface area contributed by atoms with Crippen LogP contribution in [0.2, 0.25) is 0 Å². The van der Waals surface area contributed by atoms with Gasteiger partial charge in [0.25, 0.3) is 0 Å². The maximum Gasteiger partial charge on any atom is 0.0701 e. The monoisotopic (exact) mass is 332 g/mol. The molecule has 0 saturated carbocycles. The predicted octanol–water partition coefficient (Wildman–Crippen LogP) is 4.28. The van der Waals surface area contributed by atoms with Gasteiger partial charge in [-0.15, -0.1) is 11.3 Å². The summed E-state index contributed by atoms with van der Waals surface area (Å²) in [5.41, 5.74) is 0. The van der Waals surface area contributed by atoms with E-state index in [1.54, 1.807) is 0 Å². The molecule has 0 amide bonds. The van der Waals surface area contributed by atoms with Crippen LogP contribution >= 0.6 is 27.3 Å². The Balaban J connectivity index is 2.11. The van der Waals surface area contributed by atoms with Crippen molar-refractivity contribution in [1.82, 2.24) is 10.2 Å². The van der Waals surface area contributed by atoms with Crippen LogP contribution in [0.5, 0.6) is 0 Å². The smallest absolute Gasteiger partial charge is 0.0701 e. The molecule has 0 fully saturated rings. The summed E-state index contributed by atoms with van der Waals surface area (Å²) < 4.78 is 1.21. The molecule has 1 aromatic rings. The van der Waals surface area contributed by atoms with E-state index < -0.39 is 0 Å². The molecule has 0 radical (unpaired) electrons. The fourth-order valence-corrected chi connectivity index (χ4v) is 3.17. The fraction of sp³-hybridized carbons (Fsp3) is 0.714. The standard InChI is InChI=1S/C14H25BrN2S/c1-11(2)17(4)10-6-5-9-16-12(3)13-7-8-14(15)18-13/h7-8,11-12,16H,5-6,9-10H2,1-4H3. The van der Waals surface area contributed by atoms with Gasteiger partial charge in [0, 0.05) is 17.0 Å². The highest BCUT2D eigenvalue weighted by Gasteiger charge is 2.07. The first-order valence-corrected chi connectivity index (χ1v) is 8.30. The zero-order chi connectivity index (χ0) is 13.5. The summed E-state index contributed by atoms with van der Waals surface area (Å²) in [6.07, 6.45) is 2.51. The first-order chi connectivity index (χ1) is 8.50. The molecule has 0 aliphatic rings. The SMILES string of the molecule is CC(NCCCCN(C)C(C)C)c1ccc(Br)s1. The fourth-order valence-electron chi connectivity index (χ4n) is 1.72. The van der Waals surface area contributed by atoms with Crippen LogP contribution in [-0.4, -0.2) is 31.1 Å². The zero-order valence-electron chi connectivity index (χ0n) is 11.9. The maximum absolute atomic E-state index is 3.59. The lowest BCUT2D eigenvalue weighted by Crippen LogP contribution is -2.28. The van der Waals surface area contributed by atoms with E-state index in [-0.39, 0.29) is 0 Å². The number of nitrogens with one attached hydrogen (secondary N) is 1. The Labute approximate surface area is 124 Å². The molecule has 1 aromatic heterocycles. The van der Waals surface area contributed by atoms with Gasteiger partial charge in [0.15, 0.2) is 0 Å². The lowest BCUT2D eigenvalue weighted by Gasteiger charge is -2.21. The Morgan fingerprint density at radius 3 is 2.56 bits per heavy atom. The topological polar surface area (TPSA) is 15.3 Å². The van der Waals surface area contributed by atoms with Crippen molar-refractivity contribution in [3.8, 4) is 0 Å². The molecule has 1 atom stereocenters. The Bertz CT molecular complexity index is 338. The lowest BCUT2D eigenvalue weighted by atomic mass is 10.2. The van der Waals surface area contributed by atoms with Crippen molar-refractivity contribution in [3.05, 3.63) is 20.8 Å². The zero-order valence-corrected chi connectivity index (χ0v) is 14.3. The van der Waals surface area contributed by atoms with Crippen LogP contribution in [0.3, 0.4) is 0 Å². The highest BCUT2D eigenvalue weighted by molar-refractivity contribution is 9.11. The van der Waals surface area contributed by atoms with Gasteiger partial charge in [-0.05, 0) is 81.8 Å². The van der Waals surface area contributed by atoms with E-state index in [0.29, 0.717) is 12.1 Å². The van der Waals surface area contributed by atoms with Crippen molar-refractivity contribution in [1.29, 1.82) is 0 Å². The molecule has 1 N–H and O–H groups in total. The molecule has 0 saturated heterocycles. The molecule has 18 heavy (non-hydrogen) atoms. The van der Waals surface area contributed by atoms with Gasteiger partial charge in [-0.1, -0.05) is 0 Å². The molecule has 0 aromatic carbocycles. The minimum atomic E-state index is 0.462. The number of unbranched alkanes of at least 4 members (excludes halogenated alkanes) is 1. The summed E-state index contributed by atoms with van der Waals surface area (Å²) >= 11 is 5.32. The first kappa shape index (κ1) is 16.2. The molecule has 1 rings (SSSR count). The Kier molecular flexibility index (Phi) is 7.46. The van der Waals surface area contributed by atoms with Crippen molar-refractivity contribution in [2.75, 3.05) is 20.1 Å². The second kappa shape index (κ2) is 8.31. The molecule has 1 heterocycles. The van der Waals surface area contributed by atoms with E-state index >= 15 is 0 Å². The molecular weight excluding hydrogens is 308 g/mol. The Morgan fingerprint density at radius 2 is 2.00 bits per heavy atom. The minimum Gasteiger partial charge on any atom is -0.309 e. The van der Waals surface area contributed by atoms with Crippen molar-refractivity contribution >= 4 is 27.3 Å². The second-order valence-corrected chi connectivity index (χ2v) is 7.59. The van der Waals surface area contributed by atoms with Gasteiger partial charge >= 0.3 is 0 Å². The van der Waals surface area contributed by atoms with Gasteiger partial charge in [0.05, 0.1) is 3.79 Å². The normalized spacial score (nSPS) is 13.5. The molecule has 1 unspecified atom stereocenters. The third-order valence-corrected chi connectivity index (χ3v) is 5.10. The molecule has 0 spiro atoms. The maximum atomic E-state index is 3.59. The number of hydrogen-bond donors (Lipinski definition) is 1. The number of nitrogens with zero attached hydrogens (tertiary/aromatic N) is 1. The number of rotatable bonds is 8. The van der Waals surface area contributed by atoms with Crippen LogP contribution in [0.4, 0.5) is 0 Å². The average molecular weight is 333 g/mol. The van der Waals surface area contributed by atoms with Crippen LogP contribution in [-0.2, 0) is 0 Å². The van der Waals surface area contributed by atoms with Crippen molar-refractivity contribution in [3.63, 3.8) is 0 Å². The lowest BCUT2D eigenvalue weighted by molar-refractivity contribution is 0.267. The van der Waals surface area contributed by atoms with E-state index in [4.69, 9.17) is 0 Å². The van der Waals surface area contributed by atoms with Gasteiger partial charge in [-0.2, -0.15) is 0 Å². The van der Waals surface area contributed by atoms with Gasteiger partial charge in [0.1, 0.15) is 0 Å². The van der Waals surface area contributed by atoms with Crippen molar-refractivity contribution < 1.29 is 0 Å². The van der Waals surface area contributed by atoms with Crippen LogP contribution in [0, 0.1) is 0 Å².